The zero-order chi connectivity index (χ0) is 17.4. The van der Waals surface area contributed by atoms with Crippen LogP contribution in [0.2, 0.25) is 0 Å². The van der Waals surface area contributed by atoms with E-state index < -0.39 is 41.3 Å². The van der Waals surface area contributed by atoms with Crippen molar-refractivity contribution < 1.29 is 28.3 Å². The number of imide groups is 1. The lowest BCUT2D eigenvalue weighted by molar-refractivity contribution is -0.141. The van der Waals surface area contributed by atoms with Gasteiger partial charge in [0.1, 0.15) is 11.6 Å². The smallest absolute Gasteiger partial charge is 0.308 e. The molecule has 24 heavy (non-hydrogen) atoms. The van der Waals surface area contributed by atoms with Crippen LogP contribution in [0.5, 0.6) is 0 Å². The fourth-order valence-corrected chi connectivity index (χ4v) is 3.25. The summed E-state index contributed by atoms with van der Waals surface area (Å²) >= 11 is 0. The molecule has 0 radical (unpaired) electrons. The highest BCUT2D eigenvalue weighted by atomic mass is 19.1. The fourth-order valence-electron chi connectivity index (χ4n) is 3.25. The van der Waals surface area contributed by atoms with Crippen molar-refractivity contribution in [2.24, 2.45) is 5.92 Å². The van der Waals surface area contributed by atoms with E-state index in [2.05, 4.69) is 5.32 Å². The summed E-state index contributed by atoms with van der Waals surface area (Å²) in [6.45, 7) is 0.583. The van der Waals surface area contributed by atoms with E-state index in [1.54, 1.807) is 4.90 Å². The fraction of sp³-hybridized carbons (Fsp3) is 0.438. The first kappa shape index (κ1) is 16.4. The molecule has 2 aliphatic heterocycles. The van der Waals surface area contributed by atoms with Gasteiger partial charge in [-0.2, -0.15) is 0 Å². The van der Waals surface area contributed by atoms with Crippen LogP contribution in [0.4, 0.5) is 14.5 Å². The molecule has 2 aliphatic rings. The van der Waals surface area contributed by atoms with Crippen LogP contribution in [-0.4, -0.2) is 36.0 Å². The molecule has 2 saturated heterocycles. The van der Waals surface area contributed by atoms with Crippen LogP contribution in [0.1, 0.15) is 30.7 Å². The predicted octanol–water partition coefficient (Wildman–Crippen LogP) is 1.40. The normalized spacial score (nSPS) is 24.2. The zero-order valence-corrected chi connectivity index (χ0v) is 12.7. The maximum absolute atomic E-state index is 14.4. The first-order valence-corrected chi connectivity index (χ1v) is 7.67. The van der Waals surface area contributed by atoms with Crippen molar-refractivity contribution in [3.8, 4) is 0 Å². The van der Waals surface area contributed by atoms with Gasteiger partial charge in [-0.05, 0) is 25.0 Å². The highest BCUT2D eigenvalue weighted by molar-refractivity contribution is 6.01. The summed E-state index contributed by atoms with van der Waals surface area (Å²) in [6.07, 6.45) is 0.500. The van der Waals surface area contributed by atoms with Crippen molar-refractivity contribution in [2.75, 3.05) is 18.0 Å². The molecule has 0 saturated carbocycles. The van der Waals surface area contributed by atoms with E-state index in [0.717, 1.165) is 12.1 Å². The molecule has 0 aliphatic carbocycles. The van der Waals surface area contributed by atoms with E-state index in [0.29, 0.717) is 13.0 Å². The third kappa shape index (κ3) is 2.95. The van der Waals surface area contributed by atoms with Crippen LogP contribution in [0.15, 0.2) is 12.1 Å². The van der Waals surface area contributed by atoms with Gasteiger partial charge in [0.15, 0.2) is 0 Å². The number of aliphatic carboxylic acids is 1. The van der Waals surface area contributed by atoms with Crippen molar-refractivity contribution in [1.82, 2.24) is 5.32 Å². The Labute approximate surface area is 136 Å². The molecule has 2 heterocycles. The lowest BCUT2D eigenvalue weighted by atomic mass is 9.89. The Morgan fingerprint density at radius 2 is 1.88 bits per heavy atom. The van der Waals surface area contributed by atoms with Gasteiger partial charge >= 0.3 is 5.97 Å². The molecule has 2 atom stereocenters. The lowest BCUT2D eigenvalue weighted by Crippen LogP contribution is -2.40. The van der Waals surface area contributed by atoms with Gasteiger partial charge in [0, 0.05) is 30.8 Å². The Morgan fingerprint density at radius 1 is 1.21 bits per heavy atom. The highest BCUT2D eigenvalue weighted by Crippen LogP contribution is 2.33. The maximum Gasteiger partial charge on any atom is 0.308 e. The van der Waals surface area contributed by atoms with Crippen molar-refractivity contribution in [3.05, 3.63) is 29.3 Å². The lowest BCUT2D eigenvalue weighted by Gasteiger charge is -2.24. The monoisotopic (exact) mass is 338 g/mol. The molecule has 2 N–H and O–H groups in total. The van der Waals surface area contributed by atoms with Gasteiger partial charge in [-0.1, -0.05) is 0 Å². The minimum absolute atomic E-state index is 0.0312. The average molecular weight is 338 g/mol. The number of nitrogens with zero attached hydrogens (tertiary/aromatic N) is 1. The van der Waals surface area contributed by atoms with Crippen molar-refractivity contribution in [3.63, 3.8) is 0 Å². The average Bonchev–Trinajstić information content (AvgIpc) is 2.98. The molecule has 1 aromatic rings. The maximum atomic E-state index is 14.4. The molecule has 6 nitrogen and oxygen atoms in total. The SMILES string of the molecule is O=C1CC[C@@H](c2c(F)cc(N3CC[C@@H](C(=O)O)C3)cc2F)C(=O)N1. The van der Waals surface area contributed by atoms with Crippen LogP contribution in [-0.2, 0) is 14.4 Å². The quantitative estimate of drug-likeness (QED) is 0.814. The third-order valence-corrected chi connectivity index (χ3v) is 4.55. The van der Waals surface area contributed by atoms with Gasteiger partial charge in [0.2, 0.25) is 11.8 Å². The molecule has 128 valence electrons. The van der Waals surface area contributed by atoms with Crippen molar-refractivity contribution >= 4 is 23.5 Å². The number of amides is 2. The number of hydrogen-bond acceptors (Lipinski definition) is 4. The van der Waals surface area contributed by atoms with Gasteiger partial charge in [-0.3, -0.25) is 19.7 Å². The molecular formula is C16H16F2N2O4. The summed E-state index contributed by atoms with van der Waals surface area (Å²) in [5, 5.41) is 11.1. The Bertz CT molecular complexity index is 699. The number of benzene rings is 1. The second-order valence-electron chi connectivity index (χ2n) is 6.10. The Kier molecular flexibility index (Phi) is 4.21. The summed E-state index contributed by atoms with van der Waals surface area (Å²) in [5.74, 6) is -5.42. The summed E-state index contributed by atoms with van der Waals surface area (Å²) < 4.78 is 28.9. The van der Waals surface area contributed by atoms with Gasteiger partial charge in [0.05, 0.1) is 11.8 Å². The van der Waals surface area contributed by atoms with Crippen LogP contribution in [0, 0.1) is 17.6 Å². The van der Waals surface area contributed by atoms with Crippen LogP contribution >= 0.6 is 0 Å². The number of carboxylic acid groups (broad SMARTS) is 1. The minimum atomic E-state index is -1.04. The van der Waals surface area contributed by atoms with E-state index in [1.165, 1.54) is 0 Å². The molecule has 0 aromatic heterocycles. The van der Waals surface area contributed by atoms with Gasteiger partial charge in [0.25, 0.3) is 0 Å². The number of carbonyl (C=O) groups is 3. The second-order valence-corrected chi connectivity index (χ2v) is 6.10. The first-order chi connectivity index (χ1) is 11.4. The topological polar surface area (TPSA) is 86.7 Å². The molecule has 0 unspecified atom stereocenters. The summed E-state index contributed by atoms with van der Waals surface area (Å²) in [7, 11) is 0. The van der Waals surface area contributed by atoms with E-state index in [-0.39, 0.29) is 30.6 Å². The predicted molar refractivity (Wildman–Crippen MR) is 79.4 cm³/mol. The molecule has 1 aromatic carbocycles. The molecular weight excluding hydrogens is 322 g/mol. The molecule has 2 amide bonds. The zero-order valence-electron chi connectivity index (χ0n) is 12.7. The standard InChI is InChI=1S/C16H16F2N2O4/c17-11-5-9(20-4-3-8(7-20)16(23)24)6-12(18)14(11)10-1-2-13(21)19-15(10)22/h5-6,8,10H,1-4,7H2,(H,23,24)(H,19,21,22)/t8-,10+/m1/s1. The first-order valence-electron chi connectivity index (χ1n) is 7.67. The van der Waals surface area contributed by atoms with Crippen LogP contribution < -0.4 is 10.2 Å². The Hall–Kier alpha value is -2.51. The van der Waals surface area contributed by atoms with Crippen LogP contribution in [0.3, 0.4) is 0 Å². The summed E-state index contributed by atoms with van der Waals surface area (Å²) in [4.78, 5) is 35.6. The Balaban J connectivity index is 1.86. The van der Waals surface area contributed by atoms with Gasteiger partial charge < -0.3 is 10.0 Å². The Morgan fingerprint density at radius 3 is 2.42 bits per heavy atom. The van der Waals surface area contributed by atoms with E-state index in [9.17, 15) is 23.2 Å². The number of rotatable bonds is 3. The number of anilines is 1. The number of hydrogen-bond donors (Lipinski definition) is 2. The van der Waals surface area contributed by atoms with Gasteiger partial charge in [-0.25, -0.2) is 8.78 Å². The summed E-state index contributed by atoms with van der Waals surface area (Å²) in [6, 6.07) is 2.23. The summed E-state index contributed by atoms with van der Waals surface area (Å²) in [5.41, 5.74) is -0.0949. The van der Waals surface area contributed by atoms with E-state index in [4.69, 9.17) is 5.11 Å². The second kappa shape index (κ2) is 6.18. The largest absolute Gasteiger partial charge is 0.481 e. The van der Waals surface area contributed by atoms with Gasteiger partial charge in [-0.15, -0.1) is 0 Å². The minimum Gasteiger partial charge on any atom is -0.481 e. The number of carboxylic acids is 1. The van der Waals surface area contributed by atoms with Crippen molar-refractivity contribution in [1.29, 1.82) is 0 Å². The molecule has 8 heteroatoms. The van der Waals surface area contributed by atoms with Crippen molar-refractivity contribution in [2.45, 2.75) is 25.2 Å². The highest BCUT2D eigenvalue weighted by Gasteiger charge is 2.34. The number of carbonyl (C=O) groups excluding carboxylic acids is 2. The molecule has 0 bridgehead atoms. The third-order valence-electron chi connectivity index (χ3n) is 4.55. The van der Waals surface area contributed by atoms with E-state index >= 15 is 0 Å². The molecule has 2 fully saturated rings. The number of halogens is 2. The number of piperidine rings is 1. The van der Waals surface area contributed by atoms with E-state index in [1.807, 2.05) is 0 Å². The van der Waals surface area contributed by atoms with Crippen LogP contribution in [0.25, 0.3) is 0 Å². The molecule has 0 spiro atoms. The number of nitrogens with one attached hydrogen (secondary N) is 1. The molecule has 3 rings (SSSR count).